The van der Waals surface area contributed by atoms with Crippen molar-refractivity contribution in [2.45, 2.75) is 6.54 Å². The quantitative estimate of drug-likeness (QED) is 0.156. The number of hydrogen-bond donors (Lipinski definition) is 1. The first-order valence-electron chi connectivity index (χ1n) is 11.3. The van der Waals surface area contributed by atoms with Crippen LogP contribution in [0.15, 0.2) is 89.0 Å². The summed E-state index contributed by atoms with van der Waals surface area (Å²) < 4.78 is 7.63. The summed E-state index contributed by atoms with van der Waals surface area (Å²) in [5.41, 5.74) is 3.51. The summed E-state index contributed by atoms with van der Waals surface area (Å²) in [7, 11) is 1.35. The summed E-state index contributed by atoms with van der Waals surface area (Å²) in [5, 5.41) is 3.53. The number of fused-ring (bicyclic) bond motifs is 1. The number of nitrogens with one attached hydrogen (secondary N) is 1. The van der Waals surface area contributed by atoms with Crippen molar-refractivity contribution >= 4 is 73.7 Å². The fraction of sp³-hybridized carbons (Fsp3) is 0.0714. The number of carbonyl (C=O) groups excluding carboxylic acids is 3. The molecule has 0 atom stereocenters. The standard InChI is InChI=1S/C28H20BrN3O4S/c1-36-27(35)18-7-4-6-17(12-18)15-31-16-19(22-10-2-3-11-24(22)31)13-23-25(33)30-28(37)32(26(23)34)21-9-5-8-20(29)14-21/h2-14,16H,15H2,1H3,(H,30,33,37)/b23-13+. The third kappa shape index (κ3) is 4.83. The second kappa shape index (κ2) is 10.1. The summed E-state index contributed by atoms with van der Waals surface area (Å²) in [4.78, 5) is 39.6. The molecule has 5 rings (SSSR count). The Balaban J connectivity index is 1.55. The molecule has 1 aliphatic rings. The maximum atomic E-state index is 13.5. The van der Waals surface area contributed by atoms with E-state index >= 15 is 0 Å². The van der Waals surface area contributed by atoms with Crippen LogP contribution < -0.4 is 10.2 Å². The van der Waals surface area contributed by atoms with Gasteiger partial charge in [-0.25, -0.2) is 4.79 Å². The zero-order valence-electron chi connectivity index (χ0n) is 19.6. The molecule has 0 bridgehead atoms. The molecule has 0 radical (unpaired) electrons. The molecule has 0 spiro atoms. The van der Waals surface area contributed by atoms with Crippen LogP contribution in [0, 0.1) is 0 Å². The van der Waals surface area contributed by atoms with E-state index in [0.29, 0.717) is 23.4 Å². The molecule has 0 saturated carbocycles. The molecule has 1 saturated heterocycles. The predicted molar refractivity (Wildman–Crippen MR) is 149 cm³/mol. The monoisotopic (exact) mass is 573 g/mol. The van der Waals surface area contributed by atoms with Crippen molar-refractivity contribution in [1.82, 2.24) is 9.88 Å². The number of benzene rings is 3. The predicted octanol–water partition coefficient (Wildman–Crippen LogP) is 5.07. The van der Waals surface area contributed by atoms with Crippen molar-refractivity contribution in [3.63, 3.8) is 0 Å². The van der Waals surface area contributed by atoms with E-state index in [-0.39, 0.29) is 10.7 Å². The molecule has 1 aromatic heterocycles. The van der Waals surface area contributed by atoms with E-state index in [1.54, 1.807) is 42.5 Å². The average Bonchev–Trinajstić information content (AvgIpc) is 3.23. The highest BCUT2D eigenvalue weighted by molar-refractivity contribution is 9.10. The minimum atomic E-state index is -0.552. The Morgan fingerprint density at radius 2 is 1.84 bits per heavy atom. The van der Waals surface area contributed by atoms with Gasteiger partial charge < -0.3 is 9.30 Å². The van der Waals surface area contributed by atoms with Crippen molar-refractivity contribution in [1.29, 1.82) is 0 Å². The number of esters is 1. The third-order valence-corrected chi connectivity index (χ3v) is 6.77. The van der Waals surface area contributed by atoms with Gasteiger partial charge in [0, 0.05) is 33.7 Å². The van der Waals surface area contributed by atoms with Crippen LogP contribution in [0.5, 0.6) is 0 Å². The Kier molecular flexibility index (Phi) is 6.73. The molecule has 0 aliphatic carbocycles. The number of nitrogens with zero attached hydrogens (tertiary/aromatic N) is 2. The van der Waals surface area contributed by atoms with Crippen LogP contribution >= 0.6 is 28.1 Å². The molecular weight excluding hydrogens is 554 g/mol. The first-order valence-corrected chi connectivity index (χ1v) is 12.5. The fourth-order valence-electron chi connectivity index (χ4n) is 4.29. The number of ether oxygens (including phenoxy) is 1. The molecule has 4 aromatic rings. The number of methoxy groups -OCH3 is 1. The molecular formula is C28H20BrN3O4S. The number of para-hydroxylation sites is 1. The van der Waals surface area contributed by atoms with Crippen LogP contribution in [-0.4, -0.2) is 34.6 Å². The molecule has 1 aliphatic heterocycles. The number of aromatic nitrogens is 1. The van der Waals surface area contributed by atoms with Crippen LogP contribution in [-0.2, 0) is 20.9 Å². The lowest BCUT2D eigenvalue weighted by Crippen LogP contribution is -2.54. The molecule has 0 unspecified atom stereocenters. The highest BCUT2D eigenvalue weighted by Gasteiger charge is 2.34. The van der Waals surface area contributed by atoms with Gasteiger partial charge in [0.25, 0.3) is 11.8 Å². The Bertz CT molecular complexity index is 1620. The van der Waals surface area contributed by atoms with Crippen molar-refractivity contribution in [3.8, 4) is 0 Å². The lowest BCUT2D eigenvalue weighted by Gasteiger charge is -2.29. The Hall–Kier alpha value is -4.08. The van der Waals surface area contributed by atoms with Gasteiger partial charge in [-0.2, -0.15) is 0 Å². The van der Waals surface area contributed by atoms with Gasteiger partial charge in [0.15, 0.2) is 5.11 Å². The molecule has 184 valence electrons. The largest absolute Gasteiger partial charge is 0.465 e. The van der Waals surface area contributed by atoms with E-state index in [0.717, 1.165) is 20.9 Å². The maximum Gasteiger partial charge on any atom is 0.337 e. The Morgan fingerprint density at radius 1 is 1.05 bits per heavy atom. The molecule has 1 fully saturated rings. The molecule has 1 N–H and O–H groups in total. The number of thiocarbonyl (C=S) groups is 1. The van der Waals surface area contributed by atoms with Gasteiger partial charge in [0.05, 0.1) is 18.4 Å². The van der Waals surface area contributed by atoms with E-state index in [1.165, 1.54) is 12.0 Å². The number of carbonyl (C=O) groups is 3. The van der Waals surface area contributed by atoms with E-state index in [1.807, 2.05) is 47.2 Å². The normalized spacial score (nSPS) is 14.8. The van der Waals surface area contributed by atoms with E-state index in [9.17, 15) is 14.4 Å². The summed E-state index contributed by atoms with van der Waals surface area (Å²) in [6, 6.07) is 22.1. The molecule has 2 heterocycles. The first kappa shape index (κ1) is 24.6. The van der Waals surface area contributed by atoms with Crippen LogP contribution in [0.3, 0.4) is 0 Å². The maximum absolute atomic E-state index is 13.5. The minimum Gasteiger partial charge on any atom is -0.465 e. The third-order valence-electron chi connectivity index (χ3n) is 5.99. The second-order valence-corrected chi connectivity index (χ2v) is 9.66. The highest BCUT2D eigenvalue weighted by Crippen LogP contribution is 2.28. The number of rotatable bonds is 5. The van der Waals surface area contributed by atoms with Gasteiger partial charge in [-0.15, -0.1) is 0 Å². The average molecular weight is 574 g/mol. The van der Waals surface area contributed by atoms with Crippen LogP contribution in [0.1, 0.15) is 21.5 Å². The smallest absolute Gasteiger partial charge is 0.337 e. The van der Waals surface area contributed by atoms with E-state index in [2.05, 4.69) is 21.2 Å². The topological polar surface area (TPSA) is 80.6 Å². The zero-order chi connectivity index (χ0) is 26.1. The van der Waals surface area contributed by atoms with Gasteiger partial charge in [-0.3, -0.25) is 19.8 Å². The van der Waals surface area contributed by atoms with Gasteiger partial charge in [0.2, 0.25) is 0 Å². The number of hydrogen-bond acceptors (Lipinski definition) is 5. The van der Waals surface area contributed by atoms with Gasteiger partial charge in [0.1, 0.15) is 5.57 Å². The summed E-state index contributed by atoms with van der Waals surface area (Å²) in [6.07, 6.45) is 3.48. The summed E-state index contributed by atoms with van der Waals surface area (Å²) in [5.74, 6) is -1.46. The van der Waals surface area contributed by atoms with Crippen molar-refractivity contribution in [2.24, 2.45) is 0 Å². The molecule has 9 heteroatoms. The van der Waals surface area contributed by atoms with Crippen LogP contribution in [0.2, 0.25) is 0 Å². The second-order valence-electron chi connectivity index (χ2n) is 8.36. The molecule has 7 nitrogen and oxygen atoms in total. The van der Waals surface area contributed by atoms with E-state index < -0.39 is 17.8 Å². The number of anilines is 1. The molecule has 3 aromatic carbocycles. The highest BCUT2D eigenvalue weighted by atomic mass is 79.9. The Morgan fingerprint density at radius 3 is 2.62 bits per heavy atom. The lowest BCUT2D eigenvalue weighted by atomic mass is 10.1. The fourth-order valence-corrected chi connectivity index (χ4v) is 4.96. The summed E-state index contributed by atoms with van der Waals surface area (Å²) >= 11 is 8.72. The van der Waals surface area contributed by atoms with Crippen LogP contribution in [0.25, 0.3) is 17.0 Å². The molecule has 2 amide bonds. The number of halogens is 1. The first-order chi connectivity index (χ1) is 17.9. The summed E-state index contributed by atoms with van der Waals surface area (Å²) in [6.45, 7) is 0.475. The van der Waals surface area contributed by atoms with Crippen molar-refractivity contribution < 1.29 is 19.1 Å². The Labute approximate surface area is 226 Å². The lowest BCUT2D eigenvalue weighted by molar-refractivity contribution is -0.122. The van der Waals surface area contributed by atoms with Gasteiger partial charge in [-0.1, -0.05) is 52.3 Å². The van der Waals surface area contributed by atoms with Gasteiger partial charge >= 0.3 is 5.97 Å². The van der Waals surface area contributed by atoms with E-state index in [4.69, 9.17) is 17.0 Å². The number of amides is 2. The SMILES string of the molecule is COC(=O)c1cccc(Cn2cc(/C=C3\C(=O)NC(=S)N(c4cccc(Br)c4)C3=O)c3ccccc32)c1. The minimum absolute atomic E-state index is 0.0239. The van der Waals surface area contributed by atoms with Crippen molar-refractivity contribution in [3.05, 3.63) is 106 Å². The van der Waals surface area contributed by atoms with Crippen molar-refractivity contribution in [2.75, 3.05) is 12.0 Å². The van der Waals surface area contributed by atoms with Crippen LogP contribution in [0.4, 0.5) is 5.69 Å². The zero-order valence-corrected chi connectivity index (χ0v) is 22.0. The van der Waals surface area contributed by atoms with Gasteiger partial charge in [-0.05, 0) is 60.3 Å². The molecule has 37 heavy (non-hydrogen) atoms.